The van der Waals surface area contributed by atoms with E-state index in [0.29, 0.717) is 24.6 Å². The highest BCUT2D eigenvalue weighted by atomic mass is 19.4. The van der Waals surface area contributed by atoms with Gasteiger partial charge in [-0.2, -0.15) is 13.2 Å². The van der Waals surface area contributed by atoms with Crippen molar-refractivity contribution in [3.05, 3.63) is 71.8 Å². The smallest absolute Gasteiger partial charge is 0.368 e. The molecule has 0 aliphatic carbocycles. The van der Waals surface area contributed by atoms with Gasteiger partial charge >= 0.3 is 6.18 Å². The molecule has 5 nitrogen and oxygen atoms in total. The number of piperazine rings is 1. The molecule has 0 bridgehead atoms. The largest absolute Gasteiger partial charge is 0.416 e. The van der Waals surface area contributed by atoms with E-state index in [1.54, 1.807) is 18.2 Å². The molecule has 1 aromatic heterocycles. The van der Waals surface area contributed by atoms with E-state index in [4.69, 9.17) is 0 Å². The molecule has 0 saturated carbocycles. The van der Waals surface area contributed by atoms with E-state index < -0.39 is 11.7 Å². The average Bonchev–Trinajstić information content (AvgIpc) is 3.17. The molecular weight excluding hydrogens is 386 g/mol. The fourth-order valence-corrected chi connectivity index (χ4v) is 3.36. The molecule has 1 aliphatic heterocycles. The lowest BCUT2D eigenvalue weighted by Crippen LogP contribution is -2.47. The molecule has 1 aliphatic rings. The Bertz CT molecular complexity index is 960. The van der Waals surface area contributed by atoms with Gasteiger partial charge < -0.3 is 9.80 Å². The zero-order chi connectivity index (χ0) is 20.4. The first-order chi connectivity index (χ1) is 13.9. The Labute approximate surface area is 165 Å². The summed E-state index contributed by atoms with van der Waals surface area (Å²) in [5, 5.41) is 4.41. The van der Waals surface area contributed by atoms with Gasteiger partial charge in [0.25, 0.3) is 0 Å². The summed E-state index contributed by atoms with van der Waals surface area (Å²) in [6.07, 6.45) is -2.84. The van der Waals surface area contributed by atoms with Crippen LogP contribution in [-0.4, -0.2) is 40.9 Å². The maximum atomic E-state index is 13.1. The quantitative estimate of drug-likeness (QED) is 0.619. The number of hydrogen-bond donors (Lipinski definition) is 0. The third-order valence-electron chi connectivity index (χ3n) is 4.88. The van der Waals surface area contributed by atoms with Crippen molar-refractivity contribution in [2.75, 3.05) is 36.0 Å². The molecule has 2 heterocycles. The number of rotatable bonds is 4. The van der Waals surface area contributed by atoms with Crippen LogP contribution in [0.3, 0.4) is 0 Å². The van der Waals surface area contributed by atoms with E-state index in [-0.39, 0.29) is 12.4 Å². The highest BCUT2D eigenvalue weighted by molar-refractivity contribution is 5.48. The minimum Gasteiger partial charge on any atom is -0.368 e. The number of anilines is 2. The zero-order valence-electron chi connectivity index (χ0n) is 15.5. The van der Waals surface area contributed by atoms with Gasteiger partial charge in [0.05, 0.1) is 12.1 Å². The lowest BCUT2D eigenvalue weighted by atomic mass is 10.1. The second kappa shape index (κ2) is 7.73. The van der Waals surface area contributed by atoms with Crippen molar-refractivity contribution in [2.24, 2.45) is 0 Å². The van der Waals surface area contributed by atoms with Gasteiger partial charge in [-0.05, 0) is 42.0 Å². The predicted octanol–water partition coefficient (Wildman–Crippen LogP) is 3.81. The Hall–Kier alpha value is -3.10. The fraction of sp³-hybridized carbons (Fsp3) is 0.300. The summed E-state index contributed by atoms with van der Waals surface area (Å²) >= 11 is 0. The van der Waals surface area contributed by atoms with Crippen LogP contribution in [0.4, 0.5) is 29.2 Å². The Morgan fingerprint density at radius 3 is 2.28 bits per heavy atom. The van der Waals surface area contributed by atoms with Gasteiger partial charge in [0, 0.05) is 31.9 Å². The lowest BCUT2D eigenvalue weighted by Gasteiger charge is -2.35. The molecular formula is C20H19F4N5. The summed E-state index contributed by atoms with van der Waals surface area (Å²) in [6.45, 7) is 3.10. The fourth-order valence-electron chi connectivity index (χ4n) is 3.36. The van der Waals surface area contributed by atoms with Crippen molar-refractivity contribution < 1.29 is 17.6 Å². The standard InChI is InChI=1S/C20H19F4N5/c21-17-4-6-18(7-5-17)27-8-10-28(11-9-27)19-25-14-29(26-19)13-15-2-1-3-16(12-15)20(22,23)24/h1-7,12,14H,8-11,13H2. The third-order valence-corrected chi connectivity index (χ3v) is 4.88. The van der Waals surface area contributed by atoms with Gasteiger partial charge in [0.1, 0.15) is 12.1 Å². The predicted molar refractivity (Wildman–Crippen MR) is 101 cm³/mol. The summed E-state index contributed by atoms with van der Waals surface area (Å²) in [4.78, 5) is 8.50. The van der Waals surface area contributed by atoms with Gasteiger partial charge in [-0.25, -0.2) is 14.1 Å². The van der Waals surface area contributed by atoms with Crippen LogP contribution >= 0.6 is 0 Å². The minimum absolute atomic E-state index is 0.215. The Balaban J connectivity index is 1.38. The summed E-state index contributed by atoms with van der Waals surface area (Å²) in [5.74, 6) is 0.290. The first-order valence-electron chi connectivity index (χ1n) is 9.19. The van der Waals surface area contributed by atoms with Gasteiger partial charge in [-0.1, -0.05) is 12.1 Å². The maximum absolute atomic E-state index is 13.1. The van der Waals surface area contributed by atoms with Gasteiger partial charge in [-0.15, -0.1) is 5.10 Å². The number of hydrogen-bond acceptors (Lipinski definition) is 4. The molecule has 0 atom stereocenters. The molecule has 1 fully saturated rings. The van der Waals surface area contributed by atoms with Crippen LogP contribution in [0.1, 0.15) is 11.1 Å². The Kier molecular flexibility index (Phi) is 5.12. The number of benzene rings is 2. The van der Waals surface area contributed by atoms with Crippen LogP contribution in [0, 0.1) is 5.82 Å². The molecule has 0 spiro atoms. The van der Waals surface area contributed by atoms with E-state index in [1.165, 1.54) is 29.2 Å². The summed E-state index contributed by atoms with van der Waals surface area (Å²) in [5.41, 5.74) is 0.804. The van der Waals surface area contributed by atoms with Crippen molar-refractivity contribution in [3.63, 3.8) is 0 Å². The Morgan fingerprint density at radius 2 is 1.59 bits per heavy atom. The summed E-state index contributed by atoms with van der Waals surface area (Å²) in [7, 11) is 0. The third kappa shape index (κ3) is 4.49. The van der Waals surface area contributed by atoms with E-state index in [1.807, 2.05) is 4.90 Å². The SMILES string of the molecule is Fc1ccc(N2CCN(c3ncn(Cc4cccc(C(F)(F)F)c4)n3)CC2)cc1. The highest BCUT2D eigenvalue weighted by Crippen LogP contribution is 2.29. The number of aromatic nitrogens is 3. The second-order valence-electron chi connectivity index (χ2n) is 6.89. The molecule has 0 N–H and O–H groups in total. The molecule has 0 radical (unpaired) electrons. The molecule has 0 amide bonds. The molecule has 9 heteroatoms. The normalized spacial score (nSPS) is 15.0. The second-order valence-corrected chi connectivity index (χ2v) is 6.89. The van der Waals surface area contributed by atoms with Gasteiger partial charge in [-0.3, -0.25) is 0 Å². The van der Waals surface area contributed by atoms with Gasteiger partial charge in [0.15, 0.2) is 0 Å². The Morgan fingerprint density at radius 1 is 0.897 bits per heavy atom. The summed E-state index contributed by atoms with van der Waals surface area (Å²) in [6, 6.07) is 11.6. The van der Waals surface area contributed by atoms with Crippen LogP contribution in [0.15, 0.2) is 54.9 Å². The van der Waals surface area contributed by atoms with E-state index >= 15 is 0 Å². The first kappa shape index (κ1) is 19.2. The van der Waals surface area contributed by atoms with Crippen molar-refractivity contribution in [3.8, 4) is 0 Å². The van der Waals surface area contributed by atoms with Crippen LogP contribution in [-0.2, 0) is 12.7 Å². The molecule has 3 aromatic rings. The molecule has 4 rings (SSSR count). The number of halogens is 4. The zero-order valence-corrected chi connectivity index (χ0v) is 15.5. The van der Waals surface area contributed by atoms with E-state index in [2.05, 4.69) is 15.0 Å². The number of alkyl halides is 3. The topological polar surface area (TPSA) is 37.2 Å². The van der Waals surface area contributed by atoms with Crippen molar-refractivity contribution >= 4 is 11.6 Å². The molecule has 0 unspecified atom stereocenters. The molecule has 2 aromatic carbocycles. The van der Waals surface area contributed by atoms with Crippen LogP contribution in [0.5, 0.6) is 0 Å². The van der Waals surface area contributed by atoms with Crippen LogP contribution in [0.25, 0.3) is 0 Å². The first-order valence-corrected chi connectivity index (χ1v) is 9.19. The molecule has 29 heavy (non-hydrogen) atoms. The molecule has 1 saturated heterocycles. The monoisotopic (exact) mass is 405 g/mol. The maximum Gasteiger partial charge on any atom is 0.416 e. The average molecular weight is 405 g/mol. The summed E-state index contributed by atoms with van der Waals surface area (Å²) < 4.78 is 53.2. The van der Waals surface area contributed by atoms with E-state index in [9.17, 15) is 17.6 Å². The van der Waals surface area contributed by atoms with Crippen LogP contribution < -0.4 is 9.80 Å². The number of nitrogens with zero attached hydrogens (tertiary/aromatic N) is 5. The minimum atomic E-state index is -4.37. The van der Waals surface area contributed by atoms with Crippen molar-refractivity contribution in [1.29, 1.82) is 0 Å². The van der Waals surface area contributed by atoms with Gasteiger partial charge in [0.2, 0.25) is 5.95 Å². The van der Waals surface area contributed by atoms with Crippen molar-refractivity contribution in [2.45, 2.75) is 12.7 Å². The molecule has 152 valence electrons. The lowest BCUT2D eigenvalue weighted by molar-refractivity contribution is -0.137. The van der Waals surface area contributed by atoms with E-state index in [0.717, 1.165) is 30.9 Å². The highest BCUT2D eigenvalue weighted by Gasteiger charge is 2.30. The van der Waals surface area contributed by atoms with Crippen LogP contribution in [0.2, 0.25) is 0 Å². The van der Waals surface area contributed by atoms with Crippen molar-refractivity contribution in [1.82, 2.24) is 14.8 Å².